The van der Waals surface area contributed by atoms with E-state index < -0.39 is 0 Å². The smallest absolute Gasteiger partial charge is 0.157 e. The van der Waals surface area contributed by atoms with Crippen molar-refractivity contribution in [2.45, 2.75) is 20.4 Å². The Morgan fingerprint density at radius 1 is 1.44 bits per heavy atom. The third-order valence-corrected chi connectivity index (χ3v) is 2.36. The molecule has 0 saturated heterocycles. The van der Waals surface area contributed by atoms with E-state index in [0.29, 0.717) is 0 Å². The van der Waals surface area contributed by atoms with Crippen LogP contribution in [0.5, 0.6) is 0 Å². The lowest BCUT2D eigenvalue weighted by molar-refractivity contribution is 0.710. The molecule has 2 aromatic rings. The lowest BCUT2D eigenvalue weighted by Gasteiger charge is -2.08. The first-order valence-electron chi connectivity index (χ1n) is 5.47. The average Bonchev–Trinajstić information content (AvgIpc) is 2.73. The molecular weight excluding hydrogens is 200 g/mol. The zero-order valence-electron chi connectivity index (χ0n) is 9.64. The van der Waals surface area contributed by atoms with Gasteiger partial charge in [0.05, 0.1) is 6.20 Å². The summed E-state index contributed by atoms with van der Waals surface area (Å²) >= 11 is 0. The zero-order valence-corrected chi connectivity index (χ0v) is 9.64. The predicted molar refractivity (Wildman–Crippen MR) is 63.5 cm³/mol. The first-order chi connectivity index (χ1) is 7.81. The summed E-state index contributed by atoms with van der Waals surface area (Å²) in [6.07, 6.45) is 5.62. The van der Waals surface area contributed by atoms with Crippen LogP contribution in [0.25, 0.3) is 5.82 Å². The highest BCUT2D eigenvalue weighted by Gasteiger charge is 2.05. The molecule has 0 aliphatic heterocycles. The summed E-state index contributed by atoms with van der Waals surface area (Å²) in [7, 11) is 0. The highest BCUT2D eigenvalue weighted by Crippen LogP contribution is 2.10. The normalized spacial score (nSPS) is 10.6. The van der Waals surface area contributed by atoms with Gasteiger partial charge in [-0.05, 0) is 25.1 Å². The van der Waals surface area contributed by atoms with Crippen LogP contribution in [-0.4, -0.2) is 21.3 Å². The van der Waals surface area contributed by atoms with E-state index in [1.54, 1.807) is 6.20 Å². The molecule has 0 saturated carbocycles. The van der Waals surface area contributed by atoms with Crippen LogP contribution in [0.1, 0.15) is 18.1 Å². The zero-order chi connectivity index (χ0) is 11.4. The van der Waals surface area contributed by atoms with Gasteiger partial charge in [0.1, 0.15) is 0 Å². The topological polar surface area (TPSA) is 42.7 Å². The van der Waals surface area contributed by atoms with Crippen LogP contribution in [0.4, 0.5) is 0 Å². The molecule has 0 fully saturated rings. The van der Waals surface area contributed by atoms with Crippen LogP contribution in [-0.2, 0) is 6.54 Å². The van der Waals surface area contributed by atoms with Gasteiger partial charge in [-0.15, -0.1) is 0 Å². The Bertz CT molecular complexity index is 462. The molecule has 0 aliphatic carbocycles. The molecule has 1 N–H and O–H groups in total. The number of hydrogen-bond acceptors (Lipinski definition) is 3. The maximum atomic E-state index is 4.38. The molecule has 84 valence electrons. The molecule has 0 bridgehead atoms. The van der Waals surface area contributed by atoms with Crippen LogP contribution >= 0.6 is 0 Å². The number of rotatable bonds is 4. The number of aromatic nitrogens is 3. The van der Waals surface area contributed by atoms with Crippen LogP contribution in [0.15, 0.2) is 30.7 Å². The third-order valence-electron chi connectivity index (χ3n) is 2.36. The summed E-state index contributed by atoms with van der Waals surface area (Å²) < 4.78 is 1.82. The van der Waals surface area contributed by atoms with Gasteiger partial charge in [-0.25, -0.2) is 9.67 Å². The Balaban J connectivity index is 2.32. The Labute approximate surface area is 95.3 Å². The van der Waals surface area contributed by atoms with E-state index in [9.17, 15) is 0 Å². The van der Waals surface area contributed by atoms with Crippen molar-refractivity contribution in [3.63, 3.8) is 0 Å². The second-order valence-electron chi connectivity index (χ2n) is 3.73. The predicted octanol–water partition coefficient (Wildman–Crippen LogP) is 1.69. The fourth-order valence-electron chi connectivity index (χ4n) is 1.56. The van der Waals surface area contributed by atoms with Gasteiger partial charge in [-0.3, -0.25) is 0 Å². The van der Waals surface area contributed by atoms with Crippen LogP contribution in [0, 0.1) is 6.92 Å². The van der Waals surface area contributed by atoms with Gasteiger partial charge in [0.2, 0.25) is 0 Å². The van der Waals surface area contributed by atoms with E-state index in [0.717, 1.165) is 30.0 Å². The van der Waals surface area contributed by atoms with Crippen molar-refractivity contribution in [3.8, 4) is 5.82 Å². The molecule has 4 heteroatoms. The molecular formula is C12H16N4. The fourth-order valence-corrected chi connectivity index (χ4v) is 1.56. The molecule has 0 spiro atoms. The molecule has 2 aromatic heterocycles. The molecule has 0 amide bonds. The van der Waals surface area contributed by atoms with E-state index in [1.165, 1.54) is 0 Å². The number of aryl methyl sites for hydroxylation is 1. The maximum Gasteiger partial charge on any atom is 0.157 e. The van der Waals surface area contributed by atoms with Gasteiger partial charge in [-0.2, -0.15) is 5.10 Å². The molecule has 0 radical (unpaired) electrons. The van der Waals surface area contributed by atoms with E-state index in [1.807, 2.05) is 30.1 Å². The first-order valence-corrected chi connectivity index (χ1v) is 5.47. The van der Waals surface area contributed by atoms with E-state index in [4.69, 9.17) is 0 Å². The van der Waals surface area contributed by atoms with Crippen molar-refractivity contribution in [3.05, 3.63) is 41.9 Å². The van der Waals surface area contributed by atoms with Crippen molar-refractivity contribution < 1.29 is 0 Å². The van der Waals surface area contributed by atoms with E-state index >= 15 is 0 Å². The van der Waals surface area contributed by atoms with Gasteiger partial charge >= 0.3 is 0 Å². The minimum absolute atomic E-state index is 0.818. The lowest BCUT2D eigenvalue weighted by atomic mass is 10.2. The Kier molecular flexibility index (Phi) is 3.31. The number of pyridine rings is 1. The van der Waals surface area contributed by atoms with E-state index in [2.05, 4.69) is 28.4 Å². The average molecular weight is 216 g/mol. The molecule has 2 rings (SSSR count). The fraction of sp³-hybridized carbons (Fsp3) is 0.333. The largest absolute Gasteiger partial charge is 0.313 e. The molecule has 0 atom stereocenters. The van der Waals surface area contributed by atoms with Gasteiger partial charge in [-0.1, -0.05) is 13.0 Å². The minimum Gasteiger partial charge on any atom is -0.313 e. The third kappa shape index (κ3) is 2.28. The van der Waals surface area contributed by atoms with E-state index in [-0.39, 0.29) is 0 Å². The monoisotopic (exact) mass is 216 g/mol. The number of nitrogens with one attached hydrogen (secondary N) is 1. The minimum atomic E-state index is 0.818. The maximum absolute atomic E-state index is 4.38. The van der Waals surface area contributed by atoms with Crippen molar-refractivity contribution in [1.82, 2.24) is 20.1 Å². The van der Waals surface area contributed by atoms with Crippen molar-refractivity contribution in [1.29, 1.82) is 0 Å². The standard InChI is InChI=1S/C12H16N4/c1-3-13-8-11-5-4-6-14-12(11)16-9-10(2)7-15-16/h4-7,9,13H,3,8H2,1-2H3. The van der Waals surface area contributed by atoms with Gasteiger partial charge < -0.3 is 5.32 Å². The van der Waals surface area contributed by atoms with Gasteiger partial charge in [0, 0.05) is 24.5 Å². The number of nitrogens with zero attached hydrogens (tertiary/aromatic N) is 3. The molecule has 4 nitrogen and oxygen atoms in total. The molecule has 16 heavy (non-hydrogen) atoms. The summed E-state index contributed by atoms with van der Waals surface area (Å²) in [6.45, 7) is 5.88. The number of hydrogen-bond donors (Lipinski definition) is 1. The summed E-state index contributed by atoms with van der Waals surface area (Å²) in [5.41, 5.74) is 2.30. The van der Waals surface area contributed by atoms with Crippen molar-refractivity contribution >= 4 is 0 Å². The molecule has 0 aromatic carbocycles. The lowest BCUT2D eigenvalue weighted by Crippen LogP contribution is -2.14. The summed E-state index contributed by atoms with van der Waals surface area (Å²) in [5.74, 6) is 0.900. The first kappa shape index (κ1) is 10.8. The van der Waals surface area contributed by atoms with Gasteiger partial charge in [0.25, 0.3) is 0 Å². The van der Waals surface area contributed by atoms with Crippen LogP contribution in [0.2, 0.25) is 0 Å². The second kappa shape index (κ2) is 4.90. The Morgan fingerprint density at radius 2 is 2.31 bits per heavy atom. The van der Waals surface area contributed by atoms with Crippen LogP contribution < -0.4 is 5.32 Å². The van der Waals surface area contributed by atoms with Crippen LogP contribution in [0.3, 0.4) is 0 Å². The molecule has 2 heterocycles. The second-order valence-corrected chi connectivity index (χ2v) is 3.73. The summed E-state index contributed by atoms with van der Waals surface area (Å²) in [4.78, 5) is 4.38. The SMILES string of the molecule is CCNCc1cccnc1-n1cc(C)cn1. The molecule has 0 unspecified atom stereocenters. The van der Waals surface area contributed by atoms with Crippen molar-refractivity contribution in [2.75, 3.05) is 6.54 Å². The highest BCUT2D eigenvalue weighted by atomic mass is 15.3. The Morgan fingerprint density at radius 3 is 3.00 bits per heavy atom. The summed E-state index contributed by atoms with van der Waals surface area (Å²) in [6, 6.07) is 4.02. The summed E-state index contributed by atoms with van der Waals surface area (Å²) in [5, 5.41) is 7.58. The van der Waals surface area contributed by atoms with Crippen molar-refractivity contribution in [2.24, 2.45) is 0 Å². The van der Waals surface area contributed by atoms with Gasteiger partial charge in [0.15, 0.2) is 5.82 Å². The quantitative estimate of drug-likeness (QED) is 0.845. The highest BCUT2D eigenvalue weighted by molar-refractivity contribution is 5.33. The molecule has 0 aliphatic rings. The Hall–Kier alpha value is -1.68.